The van der Waals surface area contributed by atoms with Crippen LogP contribution in [0.1, 0.15) is 31.5 Å². The van der Waals surface area contributed by atoms with Gasteiger partial charge in [-0.3, -0.25) is 9.59 Å². The number of carbonyl (C=O) groups is 3. The number of anilines is 2. The minimum atomic E-state index is -1.11. The fraction of sp³-hybridized carbons (Fsp3) is 0.0882. The molecule has 1 atom stereocenters. The molecule has 3 N–H and O–H groups in total. The number of carbonyl (C=O) groups excluding carboxylic acids is 2. The molecule has 0 fully saturated rings. The summed E-state index contributed by atoms with van der Waals surface area (Å²) >= 11 is 7.65. The number of fused-ring (bicyclic) bond motifs is 1. The van der Waals surface area contributed by atoms with E-state index in [4.69, 9.17) is 21.1 Å². The van der Waals surface area contributed by atoms with Gasteiger partial charge in [0.1, 0.15) is 16.7 Å². The first-order chi connectivity index (χ1) is 21.3. The summed E-state index contributed by atoms with van der Waals surface area (Å²) in [5, 5.41) is 16.2. The predicted molar refractivity (Wildman–Crippen MR) is 174 cm³/mol. The van der Waals surface area contributed by atoms with Crippen LogP contribution in [0, 0.1) is 0 Å². The van der Waals surface area contributed by atoms with Gasteiger partial charge in [-0.2, -0.15) is 0 Å². The van der Waals surface area contributed by atoms with E-state index in [0.717, 1.165) is 10.5 Å². The molecule has 2 amide bonds. The van der Waals surface area contributed by atoms with Crippen molar-refractivity contribution in [1.29, 1.82) is 0 Å². The second-order valence-electron chi connectivity index (χ2n) is 9.58. The largest absolute Gasteiger partial charge is 0.495 e. The third-order valence-corrected chi connectivity index (χ3v) is 8.38. The Hall–Kier alpha value is -4.99. The van der Waals surface area contributed by atoms with E-state index in [1.165, 1.54) is 32.0 Å². The highest BCUT2D eigenvalue weighted by atomic mass is 35.5. The van der Waals surface area contributed by atoms with Crippen LogP contribution in [0.25, 0.3) is 10.8 Å². The minimum absolute atomic E-state index is 0.0553. The number of methoxy groups -OCH3 is 2. The third-order valence-electron chi connectivity index (χ3n) is 6.82. The molecule has 0 aromatic heterocycles. The molecule has 0 aliphatic heterocycles. The fourth-order valence-electron chi connectivity index (χ4n) is 4.72. The first-order valence-electron chi connectivity index (χ1n) is 13.4. The number of ether oxygens (including phenoxy) is 2. The average Bonchev–Trinajstić information content (AvgIpc) is 3.04. The van der Waals surface area contributed by atoms with Gasteiger partial charge in [0.25, 0.3) is 5.91 Å². The second kappa shape index (κ2) is 13.5. The second-order valence-corrected chi connectivity index (χ2v) is 11.2. The lowest BCUT2D eigenvalue weighted by Gasteiger charge is -2.19. The molecule has 44 heavy (non-hydrogen) atoms. The quantitative estimate of drug-likeness (QED) is 0.135. The normalized spacial score (nSPS) is 11.4. The maximum Gasteiger partial charge on any atom is 0.336 e. The highest BCUT2D eigenvalue weighted by Gasteiger charge is 2.24. The molecule has 5 aromatic rings. The molecular weight excluding hydrogens is 600 g/mol. The number of carboxylic acids is 1. The highest BCUT2D eigenvalue weighted by molar-refractivity contribution is 8.00. The molecule has 0 aliphatic carbocycles. The molecule has 0 saturated heterocycles. The van der Waals surface area contributed by atoms with E-state index in [0.29, 0.717) is 38.7 Å². The summed E-state index contributed by atoms with van der Waals surface area (Å²) in [5.41, 5.74) is 2.02. The van der Waals surface area contributed by atoms with Crippen molar-refractivity contribution in [1.82, 2.24) is 0 Å². The summed E-state index contributed by atoms with van der Waals surface area (Å²) in [5.74, 6) is -1.01. The molecule has 0 saturated carbocycles. The molecule has 222 valence electrons. The molecular formula is C34H27ClN2O6S. The van der Waals surface area contributed by atoms with Crippen LogP contribution in [0.5, 0.6) is 11.5 Å². The van der Waals surface area contributed by atoms with Crippen LogP contribution in [0.2, 0.25) is 5.02 Å². The van der Waals surface area contributed by atoms with Crippen LogP contribution >= 0.6 is 23.4 Å². The van der Waals surface area contributed by atoms with Gasteiger partial charge in [-0.25, -0.2) is 4.79 Å². The number of benzene rings is 5. The van der Waals surface area contributed by atoms with Crippen LogP contribution in [0.3, 0.4) is 0 Å². The van der Waals surface area contributed by atoms with Crippen molar-refractivity contribution < 1.29 is 29.0 Å². The van der Waals surface area contributed by atoms with E-state index in [9.17, 15) is 19.5 Å². The summed E-state index contributed by atoms with van der Waals surface area (Å²) in [4.78, 5) is 39.5. The number of hydrogen-bond acceptors (Lipinski definition) is 6. The number of aromatic carboxylic acids is 1. The summed E-state index contributed by atoms with van der Waals surface area (Å²) < 4.78 is 10.7. The molecule has 0 aliphatic rings. The number of rotatable bonds is 10. The van der Waals surface area contributed by atoms with Gasteiger partial charge in [-0.1, -0.05) is 66.2 Å². The van der Waals surface area contributed by atoms with Crippen molar-refractivity contribution in [2.24, 2.45) is 0 Å². The highest BCUT2D eigenvalue weighted by Crippen LogP contribution is 2.40. The number of amides is 2. The van der Waals surface area contributed by atoms with Crippen LogP contribution in [-0.4, -0.2) is 37.1 Å². The molecule has 0 bridgehead atoms. The average molecular weight is 627 g/mol. The Kier molecular flexibility index (Phi) is 9.38. The lowest BCUT2D eigenvalue weighted by molar-refractivity contribution is -0.115. The Morgan fingerprint density at radius 1 is 0.773 bits per heavy atom. The summed E-state index contributed by atoms with van der Waals surface area (Å²) in [6, 6.07) is 29.6. The van der Waals surface area contributed by atoms with Crippen molar-refractivity contribution >= 4 is 63.3 Å². The lowest BCUT2D eigenvalue weighted by atomic mass is 9.98. The van der Waals surface area contributed by atoms with E-state index in [1.54, 1.807) is 66.7 Å². The minimum Gasteiger partial charge on any atom is -0.495 e. The monoisotopic (exact) mass is 626 g/mol. The fourth-order valence-corrected chi connectivity index (χ4v) is 5.98. The SMILES string of the molecule is COc1cc(OC)c(NC(=O)C(Sc2ccc(NC(=O)c3cccc4cccc(C(=O)O)c34)cc2)c2ccccc2)cc1Cl. The Bertz CT molecular complexity index is 1840. The zero-order valence-electron chi connectivity index (χ0n) is 23.7. The van der Waals surface area contributed by atoms with Gasteiger partial charge in [-0.15, -0.1) is 11.8 Å². The van der Waals surface area contributed by atoms with Crippen molar-refractivity contribution in [3.8, 4) is 11.5 Å². The van der Waals surface area contributed by atoms with Crippen LogP contribution in [-0.2, 0) is 4.79 Å². The third kappa shape index (κ3) is 6.64. The number of thioether (sulfide) groups is 1. The van der Waals surface area contributed by atoms with Crippen molar-refractivity contribution in [2.45, 2.75) is 10.1 Å². The summed E-state index contributed by atoms with van der Waals surface area (Å²) in [6.45, 7) is 0. The molecule has 0 radical (unpaired) electrons. The van der Waals surface area contributed by atoms with Gasteiger partial charge in [0.2, 0.25) is 5.91 Å². The maximum atomic E-state index is 13.6. The van der Waals surface area contributed by atoms with Gasteiger partial charge in [0.15, 0.2) is 0 Å². The Labute approximate surface area is 263 Å². The first kappa shape index (κ1) is 30.5. The van der Waals surface area contributed by atoms with Gasteiger partial charge in [-0.05, 0) is 53.4 Å². The van der Waals surface area contributed by atoms with E-state index in [2.05, 4.69) is 10.6 Å². The van der Waals surface area contributed by atoms with E-state index < -0.39 is 17.1 Å². The van der Waals surface area contributed by atoms with Gasteiger partial charge < -0.3 is 25.2 Å². The maximum absolute atomic E-state index is 13.6. The standard InChI is InChI=1S/C34H27ClN2O6S/c1-42-28-19-29(43-2)27(18-26(28)35)37-33(39)31(21-8-4-3-5-9-21)44-23-16-14-22(15-17-23)36-32(38)24-12-6-10-20-11-7-13-25(30(20)24)34(40)41/h3-19,31H,1-2H3,(H,36,38)(H,37,39)(H,40,41). The molecule has 5 aromatic carbocycles. The van der Waals surface area contributed by atoms with Crippen LogP contribution in [0.15, 0.2) is 108 Å². The zero-order valence-corrected chi connectivity index (χ0v) is 25.2. The van der Waals surface area contributed by atoms with Gasteiger partial charge in [0, 0.05) is 27.6 Å². The van der Waals surface area contributed by atoms with Crippen molar-refractivity contribution in [3.63, 3.8) is 0 Å². The van der Waals surface area contributed by atoms with Gasteiger partial charge >= 0.3 is 5.97 Å². The predicted octanol–water partition coefficient (Wildman–Crippen LogP) is 7.93. The van der Waals surface area contributed by atoms with Crippen LogP contribution < -0.4 is 20.1 Å². The van der Waals surface area contributed by atoms with Crippen molar-refractivity contribution in [2.75, 3.05) is 24.9 Å². The molecule has 0 spiro atoms. The smallest absolute Gasteiger partial charge is 0.336 e. The molecule has 10 heteroatoms. The van der Waals surface area contributed by atoms with E-state index in [1.807, 2.05) is 30.3 Å². The van der Waals surface area contributed by atoms with Crippen molar-refractivity contribution in [3.05, 3.63) is 125 Å². The molecule has 1 unspecified atom stereocenters. The van der Waals surface area contributed by atoms with Crippen LogP contribution in [0.4, 0.5) is 11.4 Å². The zero-order chi connectivity index (χ0) is 31.2. The number of halogens is 1. The number of nitrogens with one attached hydrogen (secondary N) is 2. The van der Waals surface area contributed by atoms with E-state index >= 15 is 0 Å². The van der Waals surface area contributed by atoms with E-state index in [-0.39, 0.29) is 17.0 Å². The lowest BCUT2D eigenvalue weighted by Crippen LogP contribution is -2.19. The number of carboxylic acid groups (broad SMARTS) is 1. The Balaban J connectivity index is 1.37. The molecule has 0 heterocycles. The molecule has 8 nitrogen and oxygen atoms in total. The summed E-state index contributed by atoms with van der Waals surface area (Å²) in [7, 11) is 2.99. The Morgan fingerprint density at radius 3 is 2.07 bits per heavy atom. The summed E-state index contributed by atoms with van der Waals surface area (Å²) in [6.07, 6.45) is 0. The Morgan fingerprint density at radius 2 is 1.43 bits per heavy atom. The topological polar surface area (TPSA) is 114 Å². The molecule has 5 rings (SSSR count). The first-order valence-corrected chi connectivity index (χ1v) is 14.6. The number of hydrogen-bond donors (Lipinski definition) is 3. The van der Waals surface area contributed by atoms with Gasteiger partial charge in [0.05, 0.1) is 30.5 Å².